The molecule has 0 atom stereocenters. The third-order valence-electron chi connectivity index (χ3n) is 2.30. The van der Waals surface area contributed by atoms with Crippen LogP contribution in [0.1, 0.15) is 5.56 Å². The Balaban J connectivity index is 2.45. The van der Waals surface area contributed by atoms with Crippen molar-refractivity contribution in [2.75, 3.05) is 4.72 Å². The molecule has 2 N–H and O–H groups in total. The highest BCUT2D eigenvalue weighted by Gasteiger charge is 2.35. The van der Waals surface area contributed by atoms with Crippen LogP contribution in [-0.4, -0.2) is 18.6 Å². The van der Waals surface area contributed by atoms with Gasteiger partial charge in [-0.1, -0.05) is 15.9 Å². The van der Waals surface area contributed by atoms with Crippen molar-refractivity contribution < 1.29 is 21.6 Å². The van der Waals surface area contributed by atoms with Crippen molar-refractivity contribution in [2.45, 2.75) is 11.2 Å². The summed E-state index contributed by atoms with van der Waals surface area (Å²) in [6.07, 6.45) is -3.50. The molecule has 1 aromatic carbocycles. The zero-order valence-corrected chi connectivity index (χ0v) is 12.0. The van der Waals surface area contributed by atoms with E-state index in [-0.39, 0.29) is 9.50 Å². The molecule has 0 fully saturated rings. The SMILES string of the molecule is O=S(=O)(Nc1ccc(Br)cc1C(F)(F)F)c1ccn[nH]1. The van der Waals surface area contributed by atoms with Crippen LogP contribution in [0.25, 0.3) is 0 Å². The number of halogens is 4. The largest absolute Gasteiger partial charge is 0.418 e. The van der Waals surface area contributed by atoms with Crippen LogP contribution in [0.2, 0.25) is 0 Å². The van der Waals surface area contributed by atoms with Crippen LogP contribution in [-0.2, 0) is 16.2 Å². The molecule has 0 bridgehead atoms. The number of rotatable bonds is 3. The van der Waals surface area contributed by atoms with Crippen LogP contribution in [0.15, 0.2) is 40.0 Å². The van der Waals surface area contributed by atoms with Gasteiger partial charge in [0.2, 0.25) is 0 Å². The summed E-state index contributed by atoms with van der Waals surface area (Å²) in [4.78, 5) is 0. The molecule has 1 aromatic heterocycles. The normalized spacial score (nSPS) is 12.4. The average molecular weight is 370 g/mol. The Bertz CT molecular complexity index is 714. The molecule has 0 aliphatic carbocycles. The van der Waals surface area contributed by atoms with Crippen molar-refractivity contribution in [1.29, 1.82) is 0 Å². The van der Waals surface area contributed by atoms with Gasteiger partial charge in [0, 0.05) is 4.47 Å². The molecule has 0 aliphatic heterocycles. The van der Waals surface area contributed by atoms with Crippen LogP contribution in [0.4, 0.5) is 18.9 Å². The second kappa shape index (κ2) is 5.09. The number of hydrogen-bond donors (Lipinski definition) is 2. The second-order valence-electron chi connectivity index (χ2n) is 3.71. The number of sulfonamides is 1. The van der Waals surface area contributed by atoms with Gasteiger partial charge >= 0.3 is 6.18 Å². The van der Waals surface area contributed by atoms with Crippen molar-refractivity contribution in [3.8, 4) is 0 Å². The molecule has 2 rings (SSSR count). The van der Waals surface area contributed by atoms with Crippen LogP contribution in [0.3, 0.4) is 0 Å². The number of nitrogens with zero attached hydrogens (tertiary/aromatic N) is 1. The molecule has 0 spiro atoms. The Morgan fingerprint density at radius 3 is 2.50 bits per heavy atom. The van der Waals surface area contributed by atoms with Crippen LogP contribution in [0.5, 0.6) is 0 Å². The van der Waals surface area contributed by atoms with E-state index in [1.54, 1.807) is 0 Å². The molecule has 0 unspecified atom stereocenters. The summed E-state index contributed by atoms with van der Waals surface area (Å²) in [5.41, 5.74) is -1.65. The van der Waals surface area contributed by atoms with E-state index in [2.05, 4.69) is 26.1 Å². The van der Waals surface area contributed by atoms with E-state index < -0.39 is 27.5 Å². The maximum atomic E-state index is 12.9. The molecule has 0 radical (unpaired) electrons. The molecule has 0 saturated carbocycles. The van der Waals surface area contributed by atoms with E-state index in [1.165, 1.54) is 12.3 Å². The van der Waals surface area contributed by atoms with Gasteiger partial charge < -0.3 is 0 Å². The van der Waals surface area contributed by atoms with Gasteiger partial charge in [-0.25, -0.2) is 0 Å². The van der Waals surface area contributed by atoms with Gasteiger partial charge in [-0.05, 0) is 24.3 Å². The predicted octanol–water partition coefficient (Wildman–Crippen LogP) is 2.99. The molecule has 20 heavy (non-hydrogen) atoms. The van der Waals surface area contributed by atoms with Crippen LogP contribution >= 0.6 is 15.9 Å². The molecule has 1 heterocycles. The van der Waals surface area contributed by atoms with E-state index in [1.807, 2.05) is 4.72 Å². The molecule has 2 aromatic rings. The minimum Gasteiger partial charge on any atom is -0.278 e. The highest BCUT2D eigenvalue weighted by atomic mass is 79.9. The van der Waals surface area contributed by atoms with Gasteiger partial charge in [0.15, 0.2) is 5.03 Å². The Morgan fingerprint density at radius 2 is 1.95 bits per heavy atom. The lowest BCUT2D eigenvalue weighted by Gasteiger charge is -2.14. The Kier molecular flexibility index (Phi) is 3.78. The van der Waals surface area contributed by atoms with Gasteiger partial charge in [-0.15, -0.1) is 0 Å². The number of H-pyrrole nitrogens is 1. The Morgan fingerprint density at radius 1 is 1.25 bits per heavy atom. The van der Waals surface area contributed by atoms with Crippen molar-refractivity contribution in [3.63, 3.8) is 0 Å². The number of anilines is 1. The number of nitrogens with one attached hydrogen (secondary N) is 2. The summed E-state index contributed by atoms with van der Waals surface area (Å²) >= 11 is 2.91. The Hall–Kier alpha value is -1.55. The second-order valence-corrected chi connectivity index (χ2v) is 6.28. The monoisotopic (exact) mass is 369 g/mol. The maximum Gasteiger partial charge on any atom is 0.418 e. The van der Waals surface area contributed by atoms with E-state index in [0.717, 1.165) is 18.2 Å². The van der Waals surface area contributed by atoms with Crippen molar-refractivity contribution >= 4 is 31.6 Å². The molecule has 10 heteroatoms. The third kappa shape index (κ3) is 3.12. The van der Waals surface area contributed by atoms with Gasteiger partial charge in [-0.3, -0.25) is 9.82 Å². The molecule has 0 saturated heterocycles. The van der Waals surface area contributed by atoms with Gasteiger partial charge in [0.25, 0.3) is 10.0 Å². The summed E-state index contributed by atoms with van der Waals surface area (Å²) in [6.45, 7) is 0. The first-order valence-electron chi connectivity index (χ1n) is 5.09. The predicted molar refractivity (Wildman–Crippen MR) is 68.5 cm³/mol. The minimum atomic E-state index is -4.68. The maximum absolute atomic E-state index is 12.9. The van der Waals surface area contributed by atoms with E-state index in [0.29, 0.717) is 0 Å². The summed E-state index contributed by atoms with van der Waals surface area (Å²) in [6, 6.07) is 4.26. The lowest BCUT2D eigenvalue weighted by atomic mass is 10.2. The van der Waals surface area contributed by atoms with Crippen molar-refractivity contribution in [1.82, 2.24) is 10.2 Å². The number of benzene rings is 1. The lowest BCUT2D eigenvalue weighted by molar-refractivity contribution is -0.136. The van der Waals surface area contributed by atoms with Crippen LogP contribution < -0.4 is 4.72 Å². The van der Waals surface area contributed by atoms with Gasteiger partial charge in [-0.2, -0.15) is 26.7 Å². The first kappa shape index (κ1) is 14.9. The van der Waals surface area contributed by atoms with E-state index in [9.17, 15) is 21.6 Å². The fraction of sp³-hybridized carbons (Fsp3) is 0.100. The molecule has 108 valence electrons. The van der Waals surface area contributed by atoms with Gasteiger partial charge in [0.1, 0.15) is 0 Å². The Labute approximate surface area is 120 Å². The number of aromatic nitrogens is 2. The summed E-state index contributed by atoms with van der Waals surface area (Å²) in [5.74, 6) is 0. The smallest absolute Gasteiger partial charge is 0.278 e. The third-order valence-corrected chi connectivity index (χ3v) is 4.08. The zero-order valence-electron chi connectivity index (χ0n) is 9.57. The molecular weight excluding hydrogens is 363 g/mol. The summed E-state index contributed by atoms with van der Waals surface area (Å²) in [5, 5.41) is 5.29. The molecule has 0 aliphatic rings. The fourth-order valence-electron chi connectivity index (χ4n) is 1.43. The quantitative estimate of drug-likeness (QED) is 0.873. The van der Waals surface area contributed by atoms with E-state index >= 15 is 0 Å². The first-order chi connectivity index (χ1) is 9.20. The van der Waals surface area contributed by atoms with Crippen molar-refractivity contribution in [3.05, 3.63) is 40.5 Å². The molecule has 0 amide bonds. The number of aromatic amines is 1. The average Bonchev–Trinajstić information content (AvgIpc) is 2.84. The number of alkyl halides is 3. The first-order valence-corrected chi connectivity index (χ1v) is 7.37. The highest BCUT2D eigenvalue weighted by Crippen LogP contribution is 2.37. The zero-order chi connectivity index (χ0) is 15.0. The van der Waals surface area contributed by atoms with Crippen LogP contribution in [0, 0.1) is 0 Å². The summed E-state index contributed by atoms with van der Waals surface area (Å²) in [7, 11) is -4.15. The fourth-order valence-corrected chi connectivity index (χ4v) is 2.78. The molecular formula is C10H7BrF3N3O2S. The summed E-state index contributed by atoms with van der Waals surface area (Å²) < 4.78 is 64.4. The van der Waals surface area contributed by atoms with E-state index in [4.69, 9.17) is 0 Å². The highest BCUT2D eigenvalue weighted by molar-refractivity contribution is 9.10. The standard InChI is InChI=1S/C10H7BrF3N3O2S/c11-6-1-2-8(7(5-6)10(12,13)14)17-20(18,19)9-3-4-15-16-9/h1-5,17H,(H,15,16). The number of hydrogen-bond acceptors (Lipinski definition) is 3. The van der Waals surface area contributed by atoms with Gasteiger partial charge in [0.05, 0.1) is 17.4 Å². The molecule has 5 nitrogen and oxygen atoms in total. The van der Waals surface area contributed by atoms with Crippen molar-refractivity contribution in [2.24, 2.45) is 0 Å². The lowest BCUT2D eigenvalue weighted by Crippen LogP contribution is -2.17. The minimum absolute atomic E-state index is 0.189. The topological polar surface area (TPSA) is 74.8 Å².